The van der Waals surface area contributed by atoms with Crippen LogP contribution in [0.3, 0.4) is 0 Å². The Morgan fingerprint density at radius 1 is 1.43 bits per heavy atom. The van der Waals surface area contributed by atoms with Crippen LogP contribution < -0.4 is 10.2 Å². The summed E-state index contributed by atoms with van der Waals surface area (Å²) in [4.78, 5) is 26.4. The lowest BCUT2D eigenvalue weighted by Crippen LogP contribution is -2.42. The minimum absolute atomic E-state index is 0.152. The Morgan fingerprint density at radius 2 is 2.22 bits per heavy atom. The smallest absolute Gasteiger partial charge is 0.268 e. The Kier molecular flexibility index (Phi) is 3.62. The maximum Gasteiger partial charge on any atom is 0.268 e. The lowest BCUT2D eigenvalue weighted by molar-refractivity contribution is -0.118. The van der Waals surface area contributed by atoms with Crippen LogP contribution in [0.15, 0.2) is 24.7 Å². The molecule has 1 unspecified atom stereocenters. The summed E-state index contributed by atoms with van der Waals surface area (Å²) in [6.45, 7) is 0.534. The lowest BCUT2D eigenvalue weighted by atomic mass is 10.2. The molecule has 0 saturated carbocycles. The molecule has 3 rings (SSSR count). The molecular weight excluding hydrogens is 296 g/mol. The maximum atomic E-state index is 12.4. The van der Waals surface area contributed by atoms with E-state index in [4.69, 9.17) is 5.26 Å². The van der Waals surface area contributed by atoms with Gasteiger partial charge in [-0.25, -0.2) is 0 Å². The summed E-state index contributed by atoms with van der Waals surface area (Å²) in [7, 11) is 3.47. The molecule has 0 aliphatic carbocycles. The van der Waals surface area contributed by atoms with Crippen molar-refractivity contribution in [2.45, 2.75) is 12.5 Å². The monoisotopic (exact) mass is 312 g/mol. The standard InChI is InChI=1S/C15H16N6O2/c1-19-8-10(6-16)5-13(19)14(22)18-12-3-4-21(15(12)23)11-7-17-20(2)9-11/h5,7-9,12H,3-4H2,1-2H3,(H,18,22). The van der Waals surface area contributed by atoms with Crippen LogP contribution in [0.1, 0.15) is 22.5 Å². The van der Waals surface area contributed by atoms with Gasteiger partial charge < -0.3 is 14.8 Å². The van der Waals surface area contributed by atoms with Gasteiger partial charge in [0.1, 0.15) is 17.8 Å². The lowest BCUT2D eigenvalue weighted by Gasteiger charge is -2.15. The average Bonchev–Trinajstić information content (AvgIpc) is 3.20. The van der Waals surface area contributed by atoms with E-state index >= 15 is 0 Å². The quantitative estimate of drug-likeness (QED) is 0.873. The molecule has 1 aliphatic rings. The third kappa shape index (κ3) is 2.68. The molecule has 1 fully saturated rings. The van der Waals surface area contributed by atoms with Crippen molar-refractivity contribution < 1.29 is 9.59 Å². The van der Waals surface area contributed by atoms with E-state index in [2.05, 4.69) is 10.4 Å². The van der Waals surface area contributed by atoms with Gasteiger partial charge in [-0.1, -0.05) is 0 Å². The molecule has 0 bridgehead atoms. The summed E-state index contributed by atoms with van der Waals surface area (Å²) in [5.41, 5.74) is 1.49. The minimum atomic E-state index is -0.567. The highest BCUT2D eigenvalue weighted by Gasteiger charge is 2.34. The van der Waals surface area contributed by atoms with Crippen LogP contribution in [0.2, 0.25) is 0 Å². The van der Waals surface area contributed by atoms with Gasteiger partial charge in [-0.3, -0.25) is 14.3 Å². The Morgan fingerprint density at radius 3 is 2.83 bits per heavy atom. The highest BCUT2D eigenvalue weighted by Crippen LogP contribution is 2.21. The zero-order valence-corrected chi connectivity index (χ0v) is 12.9. The van der Waals surface area contributed by atoms with E-state index in [1.807, 2.05) is 6.07 Å². The van der Waals surface area contributed by atoms with Crippen molar-refractivity contribution in [1.82, 2.24) is 19.7 Å². The van der Waals surface area contributed by atoms with Crippen molar-refractivity contribution >= 4 is 17.5 Å². The maximum absolute atomic E-state index is 12.4. The number of amides is 2. The van der Waals surface area contributed by atoms with E-state index in [1.54, 1.807) is 46.8 Å². The molecule has 1 saturated heterocycles. The molecule has 118 valence electrons. The topological polar surface area (TPSA) is 96.0 Å². The van der Waals surface area contributed by atoms with Crippen LogP contribution in [-0.4, -0.2) is 38.7 Å². The predicted molar refractivity (Wildman–Crippen MR) is 81.6 cm³/mol. The first-order chi connectivity index (χ1) is 11.0. The Hall–Kier alpha value is -3.08. The molecular formula is C15H16N6O2. The van der Waals surface area contributed by atoms with E-state index in [-0.39, 0.29) is 11.8 Å². The number of carbonyl (C=O) groups excluding carboxylic acids is 2. The van der Waals surface area contributed by atoms with Crippen LogP contribution >= 0.6 is 0 Å². The van der Waals surface area contributed by atoms with Gasteiger partial charge in [0.15, 0.2) is 0 Å². The van der Waals surface area contributed by atoms with Gasteiger partial charge >= 0.3 is 0 Å². The number of aryl methyl sites for hydroxylation is 2. The molecule has 2 amide bonds. The number of rotatable bonds is 3. The Balaban J connectivity index is 1.71. The van der Waals surface area contributed by atoms with Crippen LogP contribution in [0, 0.1) is 11.3 Å². The second kappa shape index (κ2) is 5.61. The van der Waals surface area contributed by atoms with E-state index in [0.717, 1.165) is 5.69 Å². The number of nitrogens with zero attached hydrogens (tertiary/aromatic N) is 5. The third-order valence-corrected chi connectivity index (χ3v) is 3.88. The third-order valence-electron chi connectivity index (χ3n) is 3.88. The number of hydrogen-bond acceptors (Lipinski definition) is 4. The molecule has 2 aromatic heterocycles. The number of nitrogens with one attached hydrogen (secondary N) is 1. The molecule has 0 radical (unpaired) electrons. The van der Waals surface area contributed by atoms with E-state index in [0.29, 0.717) is 24.2 Å². The van der Waals surface area contributed by atoms with Crippen LogP contribution in [-0.2, 0) is 18.9 Å². The van der Waals surface area contributed by atoms with Gasteiger partial charge in [-0.2, -0.15) is 10.4 Å². The summed E-state index contributed by atoms with van der Waals surface area (Å²) in [6.07, 6.45) is 5.50. The van der Waals surface area contributed by atoms with Crippen molar-refractivity contribution in [1.29, 1.82) is 5.26 Å². The molecule has 1 aliphatic heterocycles. The molecule has 1 atom stereocenters. The van der Waals surface area contributed by atoms with Crippen molar-refractivity contribution in [3.05, 3.63) is 35.9 Å². The summed E-state index contributed by atoms with van der Waals surface area (Å²) in [5, 5.41) is 15.7. The highest BCUT2D eigenvalue weighted by atomic mass is 16.2. The molecule has 8 heteroatoms. The van der Waals surface area contributed by atoms with Gasteiger partial charge in [0.05, 0.1) is 17.4 Å². The molecule has 3 heterocycles. The fourth-order valence-corrected chi connectivity index (χ4v) is 2.70. The predicted octanol–water partition coefficient (Wildman–Crippen LogP) is 0.166. The van der Waals surface area contributed by atoms with Gasteiger partial charge in [0, 0.05) is 33.0 Å². The van der Waals surface area contributed by atoms with Gasteiger partial charge in [0.2, 0.25) is 5.91 Å². The van der Waals surface area contributed by atoms with Crippen molar-refractivity contribution in [3.8, 4) is 6.07 Å². The van der Waals surface area contributed by atoms with Crippen LogP contribution in [0.25, 0.3) is 0 Å². The number of anilines is 1. The van der Waals surface area contributed by atoms with Crippen molar-refractivity contribution in [3.63, 3.8) is 0 Å². The normalized spacial score (nSPS) is 17.3. The fraction of sp³-hybridized carbons (Fsp3) is 0.333. The minimum Gasteiger partial charge on any atom is -0.345 e. The summed E-state index contributed by atoms with van der Waals surface area (Å²) < 4.78 is 3.20. The average molecular weight is 312 g/mol. The second-order valence-corrected chi connectivity index (χ2v) is 5.51. The molecule has 2 aromatic rings. The van der Waals surface area contributed by atoms with E-state index < -0.39 is 6.04 Å². The van der Waals surface area contributed by atoms with Crippen molar-refractivity contribution in [2.24, 2.45) is 14.1 Å². The largest absolute Gasteiger partial charge is 0.345 e. The first-order valence-corrected chi connectivity index (χ1v) is 7.17. The second-order valence-electron chi connectivity index (χ2n) is 5.51. The highest BCUT2D eigenvalue weighted by molar-refractivity contribution is 6.03. The Bertz CT molecular complexity index is 812. The van der Waals surface area contributed by atoms with Crippen molar-refractivity contribution in [2.75, 3.05) is 11.4 Å². The summed E-state index contributed by atoms with van der Waals surface area (Å²) in [5.74, 6) is -0.513. The van der Waals surface area contributed by atoms with E-state index in [1.165, 1.54) is 6.07 Å². The first-order valence-electron chi connectivity index (χ1n) is 7.17. The number of nitriles is 1. The molecule has 0 aromatic carbocycles. The SMILES string of the molecule is Cn1cc(N2CCC(NC(=O)c3cc(C#N)cn3C)C2=O)cn1. The van der Waals surface area contributed by atoms with E-state index in [9.17, 15) is 9.59 Å². The van der Waals surface area contributed by atoms with Gasteiger partial charge in [-0.15, -0.1) is 0 Å². The summed E-state index contributed by atoms with van der Waals surface area (Å²) in [6, 6.07) is 2.93. The number of aromatic nitrogens is 3. The molecule has 1 N–H and O–H groups in total. The Labute approximate surface area is 132 Å². The van der Waals surface area contributed by atoms with Crippen LogP contribution in [0.5, 0.6) is 0 Å². The molecule has 23 heavy (non-hydrogen) atoms. The number of carbonyl (C=O) groups is 2. The fourth-order valence-electron chi connectivity index (χ4n) is 2.70. The zero-order chi connectivity index (χ0) is 16.6. The van der Waals surface area contributed by atoms with Gasteiger partial charge in [0.25, 0.3) is 5.91 Å². The first kappa shape index (κ1) is 14.8. The summed E-state index contributed by atoms with van der Waals surface area (Å²) >= 11 is 0. The molecule has 8 nitrogen and oxygen atoms in total. The van der Waals surface area contributed by atoms with Gasteiger partial charge in [-0.05, 0) is 12.5 Å². The zero-order valence-electron chi connectivity index (χ0n) is 12.9. The van der Waals surface area contributed by atoms with Crippen LogP contribution in [0.4, 0.5) is 5.69 Å². The molecule has 0 spiro atoms. The number of hydrogen-bond donors (Lipinski definition) is 1.